The summed E-state index contributed by atoms with van der Waals surface area (Å²) < 4.78 is 21.5. The molecule has 3 N–H and O–H groups in total. The normalized spacial score (nSPS) is 11.2. The Morgan fingerprint density at radius 2 is 1.04 bits per heavy atom. The molecule has 6 nitrogen and oxygen atoms in total. The van der Waals surface area contributed by atoms with E-state index in [-0.39, 0.29) is 0 Å². The molecule has 0 spiro atoms. The summed E-state index contributed by atoms with van der Waals surface area (Å²) in [5, 5.41) is 0. The van der Waals surface area contributed by atoms with Crippen LogP contribution >= 0.6 is 7.82 Å². The summed E-state index contributed by atoms with van der Waals surface area (Å²) in [6, 6.07) is 0. The van der Waals surface area contributed by atoms with Crippen molar-refractivity contribution in [2.24, 2.45) is 5.90 Å². The highest BCUT2D eigenvalue weighted by Crippen LogP contribution is 2.43. The standard InChI is InChI=1S/C16H35O4P.C2H7NO/c1-3-5-7-9-11-13-15-19-21(17,18)20-16-14-12-10-8-6-4-2;1-2-4-3/h3-16H2,1-2H3,(H,17,18);2-3H2,1H3. The summed E-state index contributed by atoms with van der Waals surface area (Å²) in [6.45, 7) is 7.44. The van der Waals surface area contributed by atoms with Gasteiger partial charge in [-0.05, 0) is 19.8 Å². The van der Waals surface area contributed by atoms with Crippen LogP contribution in [0.4, 0.5) is 0 Å². The van der Waals surface area contributed by atoms with Gasteiger partial charge >= 0.3 is 7.82 Å². The van der Waals surface area contributed by atoms with Crippen LogP contribution in [0.2, 0.25) is 0 Å². The van der Waals surface area contributed by atoms with E-state index in [0.29, 0.717) is 19.8 Å². The maximum Gasteiger partial charge on any atom is 0.472 e. The maximum atomic E-state index is 11.6. The second kappa shape index (κ2) is 22.1. The van der Waals surface area contributed by atoms with Crippen molar-refractivity contribution in [1.29, 1.82) is 0 Å². The Balaban J connectivity index is 0. The molecule has 0 radical (unpaired) electrons. The van der Waals surface area contributed by atoms with E-state index in [2.05, 4.69) is 24.6 Å². The van der Waals surface area contributed by atoms with E-state index in [9.17, 15) is 9.46 Å². The van der Waals surface area contributed by atoms with Crippen molar-refractivity contribution >= 4 is 7.82 Å². The number of rotatable bonds is 17. The Morgan fingerprint density at radius 1 is 0.720 bits per heavy atom. The zero-order chi connectivity index (χ0) is 19.2. The van der Waals surface area contributed by atoms with Crippen LogP contribution in [0.25, 0.3) is 0 Å². The summed E-state index contributed by atoms with van der Waals surface area (Å²) in [4.78, 5) is 13.5. The van der Waals surface area contributed by atoms with E-state index < -0.39 is 7.82 Å². The predicted molar refractivity (Wildman–Crippen MR) is 104 cm³/mol. The molecule has 0 saturated carbocycles. The highest BCUT2D eigenvalue weighted by Gasteiger charge is 2.19. The van der Waals surface area contributed by atoms with Gasteiger partial charge in [-0.1, -0.05) is 78.1 Å². The van der Waals surface area contributed by atoms with Gasteiger partial charge in [-0.2, -0.15) is 0 Å². The Bertz CT molecular complexity index is 269. The molecular formula is C18H42NO5P. The lowest BCUT2D eigenvalue weighted by molar-refractivity contribution is 0.145. The first-order valence-corrected chi connectivity index (χ1v) is 11.5. The lowest BCUT2D eigenvalue weighted by atomic mass is 10.1. The van der Waals surface area contributed by atoms with Crippen LogP contribution in [0.5, 0.6) is 0 Å². The van der Waals surface area contributed by atoms with Gasteiger partial charge in [0, 0.05) is 0 Å². The fourth-order valence-corrected chi connectivity index (χ4v) is 2.96. The molecule has 0 rings (SSSR count). The number of nitrogens with two attached hydrogens (primary N) is 1. The summed E-state index contributed by atoms with van der Waals surface area (Å²) in [6.07, 6.45) is 13.6. The predicted octanol–water partition coefficient (Wildman–Crippen LogP) is 5.74. The molecule has 154 valence electrons. The molecule has 0 aromatic carbocycles. The lowest BCUT2D eigenvalue weighted by Crippen LogP contribution is -1.99. The van der Waals surface area contributed by atoms with Crippen molar-refractivity contribution in [2.45, 2.75) is 97.8 Å². The summed E-state index contributed by atoms with van der Waals surface area (Å²) in [7, 11) is -3.82. The number of hydrogen-bond donors (Lipinski definition) is 2. The van der Waals surface area contributed by atoms with Crippen LogP contribution in [-0.4, -0.2) is 24.7 Å². The van der Waals surface area contributed by atoms with Crippen molar-refractivity contribution in [3.8, 4) is 0 Å². The monoisotopic (exact) mass is 383 g/mol. The van der Waals surface area contributed by atoms with E-state index in [1.165, 1.54) is 51.4 Å². The first kappa shape index (κ1) is 27.3. The van der Waals surface area contributed by atoms with Gasteiger partial charge in [-0.25, -0.2) is 10.5 Å². The average molecular weight is 384 g/mol. The number of phosphoric ester groups is 1. The molecule has 0 aliphatic heterocycles. The number of unbranched alkanes of at least 4 members (excludes halogenated alkanes) is 10. The highest BCUT2D eigenvalue weighted by molar-refractivity contribution is 7.47. The molecule has 0 aliphatic carbocycles. The van der Waals surface area contributed by atoms with Crippen LogP contribution in [0, 0.1) is 0 Å². The molecule has 0 aliphatic rings. The van der Waals surface area contributed by atoms with Crippen LogP contribution in [0.3, 0.4) is 0 Å². The van der Waals surface area contributed by atoms with Gasteiger partial charge in [-0.15, -0.1) is 0 Å². The van der Waals surface area contributed by atoms with Gasteiger partial charge < -0.3 is 9.73 Å². The molecule has 25 heavy (non-hydrogen) atoms. The van der Waals surface area contributed by atoms with E-state index in [1.807, 2.05) is 6.92 Å². The topological polar surface area (TPSA) is 91.0 Å². The largest absolute Gasteiger partial charge is 0.472 e. The summed E-state index contributed by atoms with van der Waals surface area (Å²) in [5.41, 5.74) is 0. The third-order valence-corrected chi connectivity index (χ3v) is 4.69. The molecule has 0 bridgehead atoms. The second-order valence-electron chi connectivity index (χ2n) is 6.13. The zero-order valence-corrected chi connectivity index (χ0v) is 17.6. The summed E-state index contributed by atoms with van der Waals surface area (Å²) in [5.74, 6) is 4.53. The van der Waals surface area contributed by atoms with E-state index in [1.54, 1.807) is 0 Å². The quantitative estimate of drug-likeness (QED) is 0.189. The molecule has 0 heterocycles. The smallest absolute Gasteiger partial charge is 0.305 e. The Labute approximate surface area is 155 Å². The minimum atomic E-state index is -3.82. The molecule has 0 fully saturated rings. The van der Waals surface area contributed by atoms with E-state index in [4.69, 9.17) is 9.05 Å². The van der Waals surface area contributed by atoms with E-state index in [0.717, 1.165) is 25.7 Å². The van der Waals surface area contributed by atoms with Crippen LogP contribution < -0.4 is 5.90 Å². The Kier molecular flexibility index (Phi) is 24.1. The van der Waals surface area contributed by atoms with E-state index >= 15 is 0 Å². The third-order valence-electron chi connectivity index (χ3n) is 3.67. The van der Waals surface area contributed by atoms with Crippen molar-refractivity contribution in [3.05, 3.63) is 0 Å². The molecule has 0 amide bonds. The fourth-order valence-electron chi connectivity index (χ4n) is 2.16. The Hall–Kier alpha value is 0.0300. The van der Waals surface area contributed by atoms with Crippen LogP contribution in [0.1, 0.15) is 97.8 Å². The first-order valence-electron chi connectivity index (χ1n) is 9.97. The average Bonchev–Trinajstić information content (AvgIpc) is 2.60. The number of phosphoric acid groups is 1. The Morgan fingerprint density at radius 3 is 1.36 bits per heavy atom. The fraction of sp³-hybridized carbons (Fsp3) is 1.00. The van der Waals surface area contributed by atoms with Crippen molar-refractivity contribution in [3.63, 3.8) is 0 Å². The van der Waals surface area contributed by atoms with Crippen molar-refractivity contribution in [2.75, 3.05) is 19.8 Å². The molecule has 0 atom stereocenters. The SMILES string of the molecule is CCCCCCCCOP(=O)(O)OCCCCCCCC.CCON. The van der Waals surface area contributed by atoms with Crippen LogP contribution in [0.15, 0.2) is 0 Å². The number of hydrogen-bond acceptors (Lipinski definition) is 5. The van der Waals surface area contributed by atoms with Gasteiger partial charge in [0.15, 0.2) is 0 Å². The van der Waals surface area contributed by atoms with Gasteiger partial charge in [0.25, 0.3) is 0 Å². The van der Waals surface area contributed by atoms with Gasteiger partial charge in [-0.3, -0.25) is 9.05 Å². The molecule has 0 unspecified atom stereocenters. The van der Waals surface area contributed by atoms with Gasteiger partial charge in [0.05, 0.1) is 19.8 Å². The third kappa shape index (κ3) is 26.4. The zero-order valence-electron chi connectivity index (χ0n) is 16.7. The minimum absolute atomic E-state index is 0.316. The molecule has 7 heteroatoms. The van der Waals surface area contributed by atoms with Crippen molar-refractivity contribution < 1.29 is 23.3 Å². The first-order chi connectivity index (χ1) is 12.0. The minimum Gasteiger partial charge on any atom is -0.305 e. The highest BCUT2D eigenvalue weighted by atomic mass is 31.2. The molecule has 0 saturated heterocycles. The molecule has 0 aromatic heterocycles. The molecule has 0 aromatic rings. The van der Waals surface area contributed by atoms with Gasteiger partial charge in [0.1, 0.15) is 0 Å². The van der Waals surface area contributed by atoms with Crippen molar-refractivity contribution in [1.82, 2.24) is 0 Å². The summed E-state index contributed by atoms with van der Waals surface area (Å²) >= 11 is 0. The second-order valence-corrected chi connectivity index (χ2v) is 7.58. The van der Waals surface area contributed by atoms with Gasteiger partial charge in [0.2, 0.25) is 0 Å². The maximum absolute atomic E-state index is 11.6. The van der Waals surface area contributed by atoms with Crippen LogP contribution in [-0.2, 0) is 18.5 Å². The molecular weight excluding hydrogens is 341 g/mol. The lowest BCUT2D eigenvalue weighted by Gasteiger charge is -2.12.